The van der Waals surface area contributed by atoms with Crippen LogP contribution in [0.2, 0.25) is 0 Å². The maximum atomic E-state index is 12.0. The lowest BCUT2D eigenvalue weighted by molar-refractivity contribution is 0.0900. The highest BCUT2D eigenvalue weighted by Crippen LogP contribution is 2.30. The minimum absolute atomic E-state index is 0.237. The van der Waals surface area contributed by atoms with E-state index in [9.17, 15) is 9.59 Å². The minimum atomic E-state index is -0.567. The van der Waals surface area contributed by atoms with E-state index in [1.807, 2.05) is 43.3 Å². The van der Waals surface area contributed by atoms with Crippen molar-refractivity contribution in [3.63, 3.8) is 0 Å². The zero-order valence-corrected chi connectivity index (χ0v) is 13.2. The van der Waals surface area contributed by atoms with E-state index < -0.39 is 11.9 Å². The molecule has 0 saturated carbocycles. The Morgan fingerprint density at radius 2 is 1.79 bits per heavy atom. The fourth-order valence-electron chi connectivity index (χ4n) is 2.29. The number of carbonyl (C=O) groups excluding carboxylic acids is 2. The molecule has 1 heterocycles. The molecular weight excluding hydrogens is 308 g/mol. The molecule has 24 heavy (non-hydrogen) atoms. The number of ether oxygens (including phenoxy) is 2. The summed E-state index contributed by atoms with van der Waals surface area (Å²) in [4.78, 5) is 23.8. The lowest BCUT2D eigenvalue weighted by Crippen LogP contribution is -2.46. The van der Waals surface area contributed by atoms with Crippen molar-refractivity contribution in [2.75, 3.05) is 13.2 Å². The third kappa shape index (κ3) is 3.84. The van der Waals surface area contributed by atoms with E-state index in [4.69, 9.17) is 9.47 Å². The van der Waals surface area contributed by atoms with Crippen LogP contribution in [0.5, 0.6) is 11.5 Å². The molecular formula is C18H18N2O4. The van der Waals surface area contributed by atoms with Crippen LogP contribution in [0.3, 0.4) is 0 Å². The Morgan fingerprint density at radius 1 is 1.08 bits per heavy atom. The molecule has 0 unspecified atom stereocenters. The summed E-state index contributed by atoms with van der Waals surface area (Å²) in [6.07, 6.45) is -0.305. The molecule has 0 saturated heterocycles. The van der Waals surface area contributed by atoms with Crippen LogP contribution >= 0.6 is 0 Å². The Labute approximate surface area is 139 Å². The molecule has 3 amide bonds. The molecule has 0 fully saturated rings. The number of benzene rings is 2. The van der Waals surface area contributed by atoms with Gasteiger partial charge in [0.15, 0.2) is 17.6 Å². The topological polar surface area (TPSA) is 76.7 Å². The van der Waals surface area contributed by atoms with E-state index in [0.29, 0.717) is 23.7 Å². The molecule has 1 aliphatic rings. The summed E-state index contributed by atoms with van der Waals surface area (Å²) in [7, 11) is 0. The van der Waals surface area contributed by atoms with Gasteiger partial charge < -0.3 is 14.8 Å². The van der Waals surface area contributed by atoms with Crippen LogP contribution in [0.4, 0.5) is 4.79 Å². The number of para-hydroxylation sites is 2. The van der Waals surface area contributed by atoms with E-state index >= 15 is 0 Å². The molecule has 1 atom stereocenters. The number of hydrogen-bond acceptors (Lipinski definition) is 4. The number of fused-ring (bicyclic) bond motifs is 1. The maximum Gasteiger partial charge on any atom is 0.321 e. The summed E-state index contributed by atoms with van der Waals surface area (Å²) in [5, 5.41) is 4.91. The van der Waals surface area contributed by atoms with Crippen molar-refractivity contribution in [1.29, 1.82) is 0 Å². The van der Waals surface area contributed by atoms with Gasteiger partial charge in [-0.2, -0.15) is 0 Å². The van der Waals surface area contributed by atoms with Crippen molar-refractivity contribution >= 4 is 11.9 Å². The quantitative estimate of drug-likeness (QED) is 0.907. The van der Waals surface area contributed by atoms with Gasteiger partial charge in [0, 0.05) is 5.56 Å². The van der Waals surface area contributed by atoms with Gasteiger partial charge in [0.05, 0.1) is 6.54 Å². The molecule has 0 aliphatic carbocycles. The smallest absolute Gasteiger partial charge is 0.321 e. The molecule has 3 rings (SSSR count). The van der Waals surface area contributed by atoms with Gasteiger partial charge in [0.25, 0.3) is 5.91 Å². The molecule has 1 aliphatic heterocycles. The van der Waals surface area contributed by atoms with Crippen LogP contribution in [0, 0.1) is 6.92 Å². The Hall–Kier alpha value is -3.02. The van der Waals surface area contributed by atoms with Gasteiger partial charge >= 0.3 is 6.03 Å². The Morgan fingerprint density at radius 3 is 2.54 bits per heavy atom. The van der Waals surface area contributed by atoms with Gasteiger partial charge in [-0.15, -0.1) is 0 Å². The Balaban J connectivity index is 1.48. The average molecular weight is 326 g/mol. The van der Waals surface area contributed by atoms with Crippen LogP contribution in [0.15, 0.2) is 48.5 Å². The van der Waals surface area contributed by atoms with Gasteiger partial charge in [-0.05, 0) is 31.2 Å². The monoisotopic (exact) mass is 326 g/mol. The first-order chi connectivity index (χ1) is 11.6. The summed E-state index contributed by atoms with van der Waals surface area (Å²) in [5.41, 5.74) is 1.48. The molecule has 124 valence electrons. The van der Waals surface area contributed by atoms with E-state index in [0.717, 1.165) is 5.56 Å². The highest BCUT2D eigenvalue weighted by Gasteiger charge is 2.21. The first-order valence-corrected chi connectivity index (χ1v) is 7.66. The van der Waals surface area contributed by atoms with Crippen LogP contribution in [-0.4, -0.2) is 31.2 Å². The first-order valence-electron chi connectivity index (χ1n) is 7.66. The normalized spacial score (nSPS) is 15.5. The standard InChI is InChI=1S/C18H18N2O4/c1-12-6-8-13(9-7-12)17(21)20-18(22)19-10-14-11-23-15-4-2-3-5-16(15)24-14/h2-9,14H,10-11H2,1H3,(H2,19,20,21,22)/t14-/m1/s1. The highest BCUT2D eigenvalue weighted by atomic mass is 16.6. The summed E-state index contributed by atoms with van der Waals surface area (Å²) < 4.78 is 11.3. The van der Waals surface area contributed by atoms with Crippen molar-refractivity contribution in [2.24, 2.45) is 0 Å². The Bertz CT molecular complexity index is 743. The highest BCUT2D eigenvalue weighted by molar-refractivity contribution is 6.04. The second-order valence-corrected chi connectivity index (χ2v) is 5.53. The first kappa shape index (κ1) is 15.9. The van der Waals surface area contributed by atoms with Gasteiger partial charge in [0.1, 0.15) is 6.61 Å². The molecule has 2 aromatic carbocycles. The summed E-state index contributed by atoms with van der Waals surface area (Å²) in [6, 6.07) is 13.8. The Kier molecular flexibility index (Phi) is 4.65. The van der Waals surface area contributed by atoms with Gasteiger partial charge in [-0.3, -0.25) is 10.1 Å². The number of urea groups is 1. The molecule has 6 heteroatoms. The third-order valence-corrected chi connectivity index (χ3v) is 3.60. The number of aryl methyl sites for hydroxylation is 1. The number of rotatable bonds is 3. The number of carbonyl (C=O) groups is 2. The van der Waals surface area contributed by atoms with Gasteiger partial charge in [-0.25, -0.2) is 4.79 Å². The molecule has 2 N–H and O–H groups in total. The maximum absolute atomic E-state index is 12.0. The minimum Gasteiger partial charge on any atom is -0.486 e. The number of nitrogens with one attached hydrogen (secondary N) is 2. The zero-order chi connectivity index (χ0) is 16.9. The summed E-state index contributed by atoms with van der Waals surface area (Å²) in [6.45, 7) is 2.50. The van der Waals surface area contributed by atoms with Crippen LogP contribution in [0.25, 0.3) is 0 Å². The predicted octanol–water partition coefficient (Wildman–Crippen LogP) is 2.27. The van der Waals surface area contributed by atoms with Crippen molar-refractivity contribution < 1.29 is 19.1 Å². The van der Waals surface area contributed by atoms with Gasteiger partial charge in [0.2, 0.25) is 0 Å². The molecule has 0 radical (unpaired) electrons. The van der Waals surface area contributed by atoms with E-state index in [1.165, 1.54) is 0 Å². The number of hydrogen-bond donors (Lipinski definition) is 2. The van der Waals surface area contributed by atoms with Crippen molar-refractivity contribution in [1.82, 2.24) is 10.6 Å². The fourth-order valence-corrected chi connectivity index (χ4v) is 2.29. The molecule has 2 aromatic rings. The van der Waals surface area contributed by atoms with Crippen LogP contribution < -0.4 is 20.1 Å². The molecule has 0 bridgehead atoms. The third-order valence-electron chi connectivity index (χ3n) is 3.60. The second-order valence-electron chi connectivity index (χ2n) is 5.53. The fraction of sp³-hybridized carbons (Fsp3) is 0.222. The molecule has 6 nitrogen and oxygen atoms in total. The molecule has 0 spiro atoms. The van der Waals surface area contributed by atoms with E-state index in [1.54, 1.807) is 12.1 Å². The van der Waals surface area contributed by atoms with Gasteiger partial charge in [-0.1, -0.05) is 29.8 Å². The zero-order valence-electron chi connectivity index (χ0n) is 13.2. The lowest BCUT2D eigenvalue weighted by atomic mass is 10.1. The lowest BCUT2D eigenvalue weighted by Gasteiger charge is -2.26. The summed E-state index contributed by atoms with van der Waals surface area (Å²) >= 11 is 0. The SMILES string of the molecule is Cc1ccc(C(=O)NC(=O)NC[C@@H]2COc3ccccc3O2)cc1. The average Bonchev–Trinajstić information content (AvgIpc) is 2.60. The molecule has 0 aromatic heterocycles. The van der Waals surface area contributed by atoms with Crippen molar-refractivity contribution in [3.05, 3.63) is 59.7 Å². The van der Waals surface area contributed by atoms with E-state index in [-0.39, 0.29) is 12.6 Å². The van der Waals surface area contributed by atoms with E-state index in [2.05, 4.69) is 10.6 Å². The number of imide groups is 1. The summed E-state index contributed by atoms with van der Waals surface area (Å²) in [5.74, 6) is 0.887. The predicted molar refractivity (Wildman–Crippen MR) is 88.4 cm³/mol. The second kappa shape index (κ2) is 7.04. The van der Waals surface area contributed by atoms with Crippen molar-refractivity contribution in [3.8, 4) is 11.5 Å². The number of amides is 3. The largest absolute Gasteiger partial charge is 0.486 e. The van der Waals surface area contributed by atoms with Crippen molar-refractivity contribution in [2.45, 2.75) is 13.0 Å². The van der Waals surface area contributed by atoms with Crippen LogP contribution in [0.1, 0.15) is 15.9 Å². The van der Waals surface area contributed by atoms with Crippen LogP contribution in [-0.2, 0) is 0 Å².